The molecule has 0 aliphatic carbocycles. The Hall–Kier alpha value is -2.57. The first-order valence-electron chi connectivity index (χ1n) is 7.40. The van der Waals surface area contributed by atoms with Gasteiger partial charge < -0.3 is 4.90 Å². The van der Waals surface area contributed by atoms with Crippen LogP contribution in [0.4, 0.5) is 8.78 Å². The van der Waals surface area contributed by atoms with Crippen molar-refractivity contribution in [1.82, 2.24) is 10.3 Å². The molecule has 118 valence electrons. The highest BCUT2D eigenvalue weighted by Gasteiger charge is 2.45. The van der Waals surface area contributed by atoms with E-state index in [4.69, 9.17) is 0 Å². The molecule has 3 aliphatic rings. The van der Waals surface area contributed by atoms with Crippen LogP contribution in [0.15, 0.2) is 52.6 Å². The van der Waals surface area contributed by atoms with E-state index < -0.39 is 18.5 Å². The summed E-state index contributed by atoms with van der Waals surface area (Å²) in [6.07, 6.45) is -0.0580. The number of nitrogens with one attached hydrogen (secondary N) is 1. The number of hydrogen-bond donors (Lipinski definition) is 1. The molecule has 0 bridgehead atoms. The number of aliphatic imine (C=N–C) groups is 1. The standard InChI is InChI=1S/C16H14F2N4O/c17-14(18)15-21-20-13-7-6-11-12(22(13)15)8-10(16(23)19-11)9-4-2-1-3-5-9/h1-7,10,12,14-15,21H,8H2. The Morgan fingerprint density at radius 1 is 1.22 bits per heavy atom. The van der Waals surface area contributed by atoms with Gasteiger partial charge in [0, 0.05) is 0 Å². The molecule has 3 heterocycles. The Labute approximate surface area is 131 Å². The van der Waals surface area contributed by atoms with Crippen LogP contribution in [0.25, 0.3) is 0 Å². The average molecular weight is 316 g/mol. The minimum absolute atomic E-state index is 0.228. The lowest BCUT2D eigenvalue weighted by Gasteiger charge is -2.39. The fourth-order valence-corrected chi connectivity index (χ4v) is 3.30. The second-order valence-electron chi connectivity index (χ2n) is 5.71. The number of hydrazone groups is 1. The molecule has 1 aromatic rings. The van der Waals surface area contributed by atoms with Gasteiger partial charge in [0.2, 0.25) is 0 Å². The van der Waals surface area contributed by atoms with E-state index in [1.807, 2.05) is 30.3 Å². The number of carbonyl (C=O) groups excluding carboxylic acids is 1. The van der Waals surface area contributed by atoms with Crippen molar-refractivity contribution in [2.75, 3.05) is 0 Å². The normalized spacial score (nSPS) is 28.9. The number of benzene rings is 1. The van der Waals surface area contributed by atoms with Gasteiger partial charge in [0.15, 0.2) is 12.0 Å². The maximum atomic E-state index is 13.3. The third-order valence-corrected chi connectivity index (χ3v) is 4.39. The van der Waals surface area contributed by atoms with Crippen LogP contribution in [-0.2, 0) is 4.79 Å². The van der Waals surface area contributed by atoms with Crippen LogP contribution in [0.1, 0.15) is 17.9 Å². The smallest absolute Gasteiger partial charge is 0.278 e. The molecule has 0 saturated carbocycles. The number of carbonyl (C=O) groups is 1. The van der Waals surface area contributed by atoms with Gasteiger partial charge in [-0.05, 0) is 24.1 Å². The van der Waals surface area contributed by atoms with Crippen LogP contribution in [-0.4, -0.2) is 41.0 Å². The summed E-state index contributed by atoms with van der Waals surface area (Å²) in [7, 11) is 0. The molecule has 7 heteroatoms. The molecule has 0 saturated heterocycles. The van der Waals surface area contributed by atoms with E-state index in [9.17, 15) is 13.6 Å². The molecule has 1 aromatic carbocycles. The van der Waals surface area contributed by atoms with Gasteiger partial charge in [-0.2, -0.15) is 5.10 Å². The first kappa shape index (κ1) is 14.0. The largest absolute Gasteiger partial charge is 0.320 e. The molecule has 4 rings (SSSR count). The Bertz CT molecular complexity index is 729. The summed E-state index contributed by atoms with van der Waals surface area (Å²) in [5.74, 6) is -0.190. The maximum absolute atomic E-state index is 13.3. The second-order valence-corrected chi connectivity index (χ2v) is 5.71. The second kappa shape index (κ2) is 5.26. The van der Waals surface area contributed by atoms with Crippen molar-refractivity contribution in [3.63, 3.8) is 0 Å². The van der Waals surface area contributed by atoms with Crippen molar-refractivity contribution in [2.24, 2.45) is 10.1 Å². The number of halogens is 2. The van der Waals surface area contributed by atoms with Gasteiger partial charge in [0.25, 0.3) is 12.3 Å². The molecule has 3 aliphatic heterocycles. The fraction of sp³-hybridized carbons (Fsp3) is 0.312. The number of hydrogen-bond acceptors (Lipinski definition) is 4. The van der Waals surface area contributed by atoms with E-state index in [1.54, 1.807) is 12.2 Å². The highest BCUT2D eigenvalue weighted by Crippen LogP contribution is 2.34. The number of rotatable bonds is 2. The van der Waals surface area contributed by atoms with Crippen molar-refractivity contribution in [3.05, 3.63) is 48.0 Å². The Balaban J connectivity index is 1.71. The zero-order chi connectivity index (χ0) is 16.0. The van der Waals surface area contributed by atoms with Crippen LogP contribution < -0.4 is 5.43 Å². The van der Waals surface area contributed by atoms with Crippen LogP contribution in [0.5, 0.6) is 0 Å². The number of amidine groups is 1. The Morgan fingerprint density at radius 3 is 2.74 bits per heavy atom. The minimum atomic E-state index is -2.59. The van der Waals surface area contributed by atoms with Gasteiger partial charge in [0.05, 0.1) is 17.7 Å². The minimum Gasteiger partial charge on any atom is -0.320 e. The Kier molecular flexibility index (Phi) is 3.21. The van der Waals surface area contributed by atoms with Crippen LogP contribution >= 0.6 is 0 Å². The lowest BCUT2D eigenvalue weighted by atomic mass is 9.85. The monoisotopic (exact) mass is 316 g/mol. The SMILES string of the molecule is O=C1N=C2C=CC3=NNC(C(F)F)N3C2CC1c1ccccc1. The van der Waals surface area contributed by atoms with E-state index >= 15 is 0 Å². The molecular weight excluding hydrogens is 302 g/mol. The molecule has 0 aromatic heterocycles. The Morgan fingerprint density at radius 2 is 2.00 bits per heavy atom. The summed E-state index contributed by atoms with van der Waals surface area (Å²) >= 11 is 0. The molecule has 3 atom stereocenters. The third kappa shape index (κ3) is 2.23. The molecule has 3 unspecified atom stereocenters. The molecule has 5 nitrogen and oxygen atoms in total. The predicted molar refractivity (Wildman–Crippen MR) is 81.4 cm³/mol. The van der Waals surface area contributed by atoms with E-state index in [1.165, 1.54) is 4.90 Å². The van der Waals surface area contributed by atoms with Crippen molar-refractivity contribution in [2.45, 2.75) is 31.0 Å². The van der Waals surface area contributed by atoms with Crippen molar-refractivity contribution >= 4 is 17.5 Å². The topological polar surface area (TPSA) is 57.1 Å². The number of nitrogens with zero attached hydrogens (tertiary/aromatic N) is 3. The van der Waals surface area contributed by atoms with Crippen LogP contribution in [0.2, 0.25) is 0 Å². The zero-order valence-corrected chi connectivity index (χ0v) is 12.1. The molecule has 0 spiro atoms. The number of amides is 1. The highest BCUT2D eigenvalue weighted by atomic mass is 19.3. The van der Waals surface area contributed by atoms with Gasteiger partial charge in [0.1, 0.15) is 0 Å². The lowest BCUT2D eigenvalue weighted by Crippen LogP contribution is -2.56. The highest BCUT2D eigenvalue weighted by molar-refractivity contribution is 6.16. The predicted octanol–water partition coefficient (Wildman–Crippen LogP) is 1.89. The van der Waals surface area contributed by atoms with Crippen LogP contribution in [0, 0.1) is 0 Å². The summed E-state index contributed by atoms with van der Waals surface area (Å²) in [5, 5.41) is 3.95. The third-order valence-electron chi connectivity index (χ3n) is 4.39. The van der Waals surface area contributed by atoms with Gasteiger partial charge in [-0.25, -0.2) is 13.8 Å². The maximum Gasteiger partial charge on any atom is 0.278 e. The zero-order valence-electron chi connectivity index (χ0n) is 12.1. The molecule has 0 radical (unpaired) electrons. The fourth-order valence-electron chi connectivity index (χ4n) is 3.30. The van der Waals surface area contributed by atoms with Gasteiger partial charge in [-0.15, -0.1) is 0 Å². The molecule has 23 heavy (non-hydrogen) atoms. The van der Waals surface area contributed by atoms with Crippen molar-refractivity contribution < 1.29 is 13.6 Å². The van der Waals surface area contributed by atoms with E-state index in [0.717, 1.165) is 5.56 Å². The molecule has 1 N–H and O–H groups in total. The molecule has 1 amide bonds. The van der Waals surface area contributed by atoms with Gasteiger partial charge >= 0.3 is 0 Å². The summed E-state index contributed by atoms with van der Waals surface area (Å²) in [6.45, 7) is 0. The quantitative estimate of drug-likeness (QED) is 0.906. The number of alkyl halides is 2. The van der Waals surface area contributed by atoms with Crippen LogP contribution in [0.3, 0.4) is 0 Å². The van der Waals surface area contributed by atoms with Gasteiger partial charge in [-0.3, -0.25) is 10.2 Å². The number of fused-ring (bicyclic) bond motifs is 3. The summed E-state index contributed by atoms with van der Waals surface area (Å²) < 4.78 is 26.5. The van der Waals surface area contributed by atoms with E-state index in [0.29, 0.717) is 18.0 Å². The summed E-state index contributed by atoms with van der Waals surface area (Å²) in [6, 6.07) is 8.93. The van der Waals surface area contributed by atoms with E-state index in [2.05, 4.69) is 15.5 Å². The van der Waals surface area contributed by atoms with E-state index in [-0.39, 0.29) is 11.9 Å². The van der Waals surface area contributed by atoms with Gasteiger partial charge in [-0.1, -0.05) is 30.3 Å². The van der Waals surface area contributed by atoms with Crippen molar-refractivity contribution in [1.29, 1.82) is 0 Å². The molecular formula is C16H14F2N4O. The first-order valence-corrected chi connectivity index (χ1v) is 7.40. The summed E-state index contributed by atoms with van der Waals surface area (Å²) in [4.78, 5) is 18.0. The average Bonchev–Trinajstić information content (AvgIpc) is 2.99. The first-order chi connectivity index (χ1) is 11.1. The lowest BCUT2D eigenvalue weighted by molar-refractivity contribution is -0.120. The molecule has 0 fully saturated rings. The summed E-state index contributed by atoms with van der Waals surface area (Å²) in [5.41, 5.74) is 3.85. The van der Waals surface area contributed by atoms with Crippen molar-refractivity contribution in [3.8, 4) is 0 Å².